The second kappa shape index (κ2) is 5.84. The van der Waals surface area contributed by atoms with Gasteiger partial charge in [-0.2, -0.15) is 0 Å². The van der Waals surface area contributed by atoms with Gasteiger partial charge in [-0.05, 0) is 30.3 Å². The Morgan fingerprint density at radius 3 is 2.39 bits per heavy atom. The molecule has 6 nitrogen and oxygen atoms in total. The van der Waals surface area contributed by atoms with Crippen LogP contribution in [0.3, 0.4) is 0 Å². The number of hydrogen-bond acceptors (Lipinski definition) is 5. The Hall–Kier alpha value is -3.28. The van der Waals surface area contributed by atoms with Gasteiger partial charge in [0.25, 0.3) is 11.8 Å². The van der Waals surface area contributed by atoms with Crippen molar-refractivity contribution < 1.29 is 19.4 Å². The predicted octanol–water partition coefficient (Wildman–Crippen LogP) is 1.88. The van der Waals surface area contributed by atoms with Gasteiger partial charge in [0.2, 0.25) is 0 Å². The van der Waals surface area contributed by atoms with Crippen LogP contribution in [0.2, 0.25) is 0 Å². The van der Waals surface area contributed by atoms with E-state index in [0.29, 0.717) is 17.0 Å². The van der Waals surface area contributed by atoms with Gasteiger partial charge >= 0.3 is 0 Å². The number of anilines is 1. The molecule has 0 bridgehead atoms. The summed E-state index contributed by atoms with van der Waals surface area (Å²) in [5.41, 5.74) is 1.47. The van der Waals surface area contributed by atoms with Crippen molar-refractivity contribution in [3.8, 4) is 11.5 Å². The highest BCUT2D eigenvalue weighted by Gasteiger charge is 2.32. The molecule has 3 rings (SSSR count). The molecule has 0 radical (unpaired) electrons. The van der Waals surface area contributed by atoms with Gasteiger partial charge in [0.1, 0.15) is 17.2 Å². The van der Waals surface area contributed by atoms with Crippen molar-refractivity contribution in [1.82, 2.24) is 5.32 Å². The number of para-hydroxylation sites is 1. The fourth-order valence-corrected chi connectivity index (χ4v) is 2.37. The molecule has 0 saturated heterocycles. The smallest absolute Gasteiger partial charge is 0.275 e. The van der Waals surface area contributed by atoms with E-state index in [9.17, 15) is 14.7 Å². The Bertz CT molecular complexity index is 810. The molecule has 2 amide bonds. The molecule has 1 aliphatic rings. The normalized spacial score (nSPS) is 14.0. The molecule has 0 unspecified atom stereocenters. The fraction of sp³-hybridized carbons (Fsp3) is 0.0588. The summed E-state index contributed by atoms with van der Waals surface area (Å²) in [5.74, 6) is -0.386. The average molecular weight is 310 g/mol. The number of carbonyl (C=O) groups is 2. The summed E-state index contributed by atoms with van der Waals surface area (Å²) in [6, 6.07) is 13.2. The third-order valence-electron chi connectivity index (χ3n) is 3.44. The number of ether oxygens (including phenoxy) is 1. The molecule has 2 aromatic carbocycles. The number of imide groups is 1. The number of aromatic hydroxyl groups is 1. The summed E-state index contributed by atoms with van der Waals surface area (Å²) in [5, 5.41) is 14.5. The lowest BCUT2D eigenvalue weighted by Gasteiger charge is -2.10. The van der Waals surface area contributed by atoms with Crippen LogP contribution in [0.5, 0.6) is 11.5 Å². The van der Waals surface area contributed by atoms with Gasteiger partial charge in [-0.3, -0.25) is 14.9 Å². The summed E-state index contributed by atoms with van der Waals surface area (Å²) < 4.78 is 5.27. The first-order valence-corrected chi connectivity index (χ1v) is 6.89. The predicted molar refractivity (Wildman–Crippen MR) is 84.8 cm³/mol. The van der Waals surface area contributed by atoms with Crippen molar-refractivity contribution in [2.24, 2.45) is 0 Å². The molecule has 6 heteroatoms. The van der Waals surface area contributed by atoms with E-state index in [1.807, 2.05) is 0 Å². The summed E-state index contributed by atoms with van der Waals surface area (Å²) in [6.45, 7) is 0. The highest BCUT2D eigenvalue weighted by Crippen LogP contribution is 2.31. The van der Waals surface area contributed by atoms with Crippen LogP contribution in [-0.4, -0.2) is 24.0 Å². The van der Waals surface area contributed by atoms with E-state index in [2.05, 4.69) is 10.6 Å². The number of phenolic OH excluding ortho intramolecular Hbond substituents is 1. The summed E-state index contributed by atoms with van der Waals surface area (Å²) in [7, 11) is 1.50. The molecule has 0 spiro atoms. The Balaban J connectivity index is 2.08. The maximum absolute atomic E-state index is 12.2. The van der Waals surface area contributed by atoms with Crippen molar-refractivity contribution in [2.75, 3.05) is 12.4 Å². The van der Waals surface area contributed by atoms with E-state index < -0.39 is 11.8 Å². The van der Waals surface area contributed by atoms with Crippen LogP contribution in [0, 0.1) is 0 Å². The second-order valence-corrected chi connectivity index (χ2v) is 4.91. The van der Waals surface area contributed by atoms with Crippen molar-refractivity contribution in [2.45, 2.75) is 0 Å². The Morgan fingerprint density at radius 2 is 1.70 bits per heavy atom. The monoisotopic (exact) mass is 310 g/mol. The maximum Gasteiger partial charge on any atom is 0.275 e. The van der Waals surface area contributed by atoms with Crippen LogP contribution in [0.25, 0.3) is 5.57 Å². The standard InChI is InChI=1S/C17H14N2O4/c1-23-13-5-3-2-4-12(13)14-15(17(22)19-16(14)21)18-10-6-8-11(20)9-7-10/h2-9,20H,1H3,(H2,18,19,21,22). The molecule has 0 atom stereocenters. The first kappa shape index (κ1) is 14.6. The van der Waals surface area contributed by atoms with Gasteiger partial charge in [-0.1, -0.05) is 18.2 Å². The highest BCUT2D eigenvalue weighted by atomic mass is 16.5. The molecule has 0 saturated carbocycles. The summed E-state index contributed by atoms with van der Waals surface area (Å²) in [6.07, 6.45) is 0. The van der Waals surface area contributed by atoms with Gasteiger partial charge in [-0.15, -0.1) is 0 Å². The molecule has 3 N–H and O–H groups in total. The SMILES string of the molecule is COc1ccccc1C1=C(Nc2ccc(O)cc2)C(=O)NC1=O. The van der Waals surface area contributed by atoms with Crippen LogP contribution in [-0.2, 0) is 9.59 Å². The molecule has 1 heterocycles. The third kappa shape index (κ3) is 2.74. The van der Waals surface area contributed by atoms with Crippen molar-refractivity contribution in [1.29, 1.82) is 0 Å². The van der Waals surface area contributed by atoms with E-state index in [1.54, 1.807) is 36.4 Å². The number of methoxy groups -OCH3 is 1. The van der Waals surface area contributed by atoms with Gasteiger partial charge in [0.05, 0.1) is 12.7 Å². The molecule has 2 aromatic rings. The zero-order valence-corrected chi connectivity index (χ0v) is 12.3. The minimum atomic E-state index is -0.510. The van der Waals surface area contributed by atoms with Crippen LogP contribution in [0.15, 0.2) is 54.2 Å². The molecule has 0 aromatic heterocycles. The van der Waals surface area contributed by atoms with E-state index >= 15 is 0 Å². The topological polar surface area (TPSA) is 87.7 Å². The number of carbonyl (C=O) groups excluding carboxylic acids is 2. The first-order valence-electron chi connectivity index (χ1n) is 6.89. The second-order valence-electron chi connectivity index (χ2n) is 4.91. The Morgan fingerprint density at radius 1 is 1.00 bits per heavy atom. The minimum Gasteiger partial charge on any atom is -0.508 e. The van der Waals surface area contributed by atoms with Gasteiger partial charge in [0.15, 0.2) is 0 Å². The largest absolute Gasteiger partial charge is 0.508 e. The van der Waals surface area contributed by atoms with Crippen LogP contribution in [0.4, 0.5) is 5.69 Å². The Labute approximate surface area is 132 Å². The van der Waals surface area contributed by atoms with Gasteiger partial charge in [-0.25, -0.2) is 0 Å². The number of nitrogens with one attached hydrogen (secondary N) is 2. The van der Waals surface area contributed by atoms with E-state index in [1.165, 1.54) is 19.2 Å². The lowest BCUT2D eigenvalue weighted by atomic mass is 10.0. The van der Waals surface area contributed by atoms with Crippen LogP contribution in [0.1, 0.15) is 5.56 Å². The van der Waals surface area contributed by atoms with Crippen molar-refractivity contribution in [3.05, 3.63) is 59.8 Å². The third-order valence-corrected chi connectivity index (χ3v) is 3.44. The average Bonchev–Trinajstić information content (AvgIpc) is 2.83. The zero-order chi connectivity index (χ0) is 16.4. The van der Waals surface area contributed by atoms with Crippen LogP contribution < -0.4 is 15.4 Å². The molecular weight excluding hydrogens is 296 g/mol. The maximum atomic E-state index is 12.2. The molecular formula is C17H14N2O4. The fourth-order valence-electron chi connectivity index (χ4n) is 2.37. The lowest BCUT2D eigenvalue weighted by Crippen LogP contribution is -2.24. The Kier molecular flexibility index (Phi) is 3.72. The van der Waals surface area contributed by atoms with E-state index in [0.717, 1.165) is 0 Å². The molecule has 23 heavy (non-hydrogen) atoms. The lowest BCUT2D eigenvalue weighted by molar-refractivity contribution is -0.123. The van der Waals surface area contributed by atoms with Crippen molar-refractivity contribution >= 4 is 23.1 Å². The number of amides is 2. The zero-order valence-electron chi connectivity index (χ0n) is 12.3. The number of rotatable bonds is 4. The van der Waals surface area contributed by atoms with E-state index in [4.69, 9.17) is 4.74 Å². The van der Waals surface area contributed by atoms with Gasteiger partial charge < -0.3 is 15.2 Å². The van der Waals surface area contributed by atoms with Crippen LogP contribution >= 0.6 is 0 Å². The van der Waals surface area contributed by atoms with Crippen molar-refractivity contribution in [3.63, 3.8) is 0 Å². The quantitative estimate of drug-likeness (QED) is 0.593. The van der Waals surface area contributed by atoms with E-state index in [-0.39, 0.29) is 17.0 Å². The molecule has 0 fully saturated rings. The highest BCUT2D eigenvalue weighted by molar-refractivity contribution is 6.37. The number of hydrogen-bond donors (Lipinski definition) is 3. The number of phenols is 1. The minimum absolute atomic E-state index is 0.112. The number of benzene rings is 2. The molecule has 1 aliphatic heterocycles. The molecule has 116 valence electrons. The first-order chi connectivity index (χ1) is 11.1. The van der Waals surface area contributed by atoms with Gasteiger partial charge in [0, 0.05) is 11.3 Å². The summed E-state index contributed by atoms with van der Waals surface area (Å²) >= 11 is 0. The summed E-state index contributed by atoms with van der Waals surface area (Å²) in [4.78, 5) is 24.3. The molecule has 0 aliphatic carbocycles.